The highest BCUT2D eigenvalue weighted by Gasteiger charge is 2.42. The Hall–Kier alpha value is -6.46. The second-order valence-corrected chi connectivity index (χ2v) is 21.0. The summed E-state index contributed by atoms with van der Waals surface area (Å²) in [6.45, 7) is 9.26. The minimum atomic E-state index is -0.760. The third kappa shape index (κ3) is 9.11. The van der Waals surface area contributed by atoms with E-state index in [1.807, 2.05) is 69.0 Å². The van der Waals surface area contributed by atoms with Gasteiger partial charge in [0.1, 0.15) is 29.4 Å². The SMILES string of the molecule is COC(=O)NC(C(=O)N1CCC[C@H]1c1nc2cc([C@H]3CC[C@H](c4ccc5[nH]c([C@@H]6CCCN6C(=O)[C@@H](NC(=O)OC)C(C)C)nc5c4)N3c3cc(F)c(N4CC5CCC4CC5)c(F)c3)ccc2[nH]1)C(C)C. The fourth-order valence-electron chi connectivity index (χ4n) is 12.3. The number of piperidine rings is 2. The molecule has 71 heavy (non-hydrogen) atoms. The van der Waals surface area contributed by atoms with Gasteiger partial charge in [0.2, 0.25) is 11.8 Å². The number of likely N-dealkylation sites (tertiary alicyclic amines) is 2. The van der Waals surface area contributed by atoms with E-state index in [0.717, 1.165) is 60.7 Å². The number of nitrogens with zero attached hydrogens (tertiary/aromatic N) is 6. The van der Waals surface area contributed by atoms with Crippen LogP contribution < -0.4 is 20.4 Å². The van der Waals surface area contributed by atoms with Crippen LogP contribution in [-0.4, -0.2) is 106 Å². The maximum Gasteiger partial charge on any atom is 0.407 e. The normalized spacial score (nSPS) is 24.1. The first-order chi connectivity index (χ1) is 34.2. The standard InChI is InChI=1S/C53H66F2N10O6/c1-28(2)45(60-52(68)70-5)50(66)62-21-7-9-43(62)48-56-37-17-13-31(23-39(37)58-48)41-19-20-42(65(41)34-25-35(54)47(36(55)26-34)64-27-30-11-15-33(64)16-12-30)32-14-18-38-40(24-32)59-49(57-38)44-10-8-22-63(44)51(67)46(29(3)4)61-53(69)71-6/h13-14,17-18,23-26,28-30,33,41-46H,7-12,15-16,19-22,27H2,1-6H3,(H,56,58)(H,57,59)(H,60,68)(H,61,69)/t30?,33?,41-,42-,43+,44+,45+,46?/m1/s1. The third-order valence-corrected chi connectivity index (χ3v) is 16.0. The van der Waals surface area contributed by atoms with Gasteiger partial charge in [0.25, 0.3) is 0 Å². The molecule has 6 atom stereocenters. The smallest absolute Gasteiger partial charge is 0.407 e. The second kappa shape index (κ2) is 19.6. The number of aromatic nitrogens is 4. The van der Waals surface area contributed by atoms with Gasteiger partial charge in [-0.15, -0.1) is 0 Å². The highest BCUT2D eigenvalue weighted by atomic mass is 19.1. The van der Waals surface area contributed by atoms with Crippen LogP contribution in [0.5, 0.6) is 0 Å². The number of imidazole rings is 2. The number of ether oxygens (including phenoxy) is 2. The van der Waals surface area contributed by atoms with E-state index in [9.17, 15) is 19.2 Å². The monoisotopic (exact) mass is 977 g/mol. The number of hydrogen-bond donors (Lipinski definition) is 4. The fraction of sp³-hybridized carbons (Fsp3) is 0.547. The van der Waals surface area contributed by atoms with Crippen molar-refractivity contribution in [1.82, 2.24) is 40.4 Å². The molecule has 0 radical (unpaired) electrons. The van der Waals surface area contributed by atoms with Crippen LogP contribution in [-0.2, 0) is 19.1 Å². The molecule has 1 unspecified atom stereocenters. The summed E-state index contributed by atoms with van der Waals surface area (Å²) in [5, 5.41) is 5.43. The molecule has 2 aromatic heterocycles. The quantitative estimate of drug-likeness (QED) is 0.0941. The Labute approximate surface area is 412 Å². The molecule has 5 aromatic rings. The van der Waals surface area contributed by atoms with Gasteiger partial charge in [-0.1, -0.05) is 39.8 Å². The minimum absolute atomic E-state index is 0.0619. The van der Waals surface area contributed by atoms with Gasteiger partial charge in [-0.3, -0.25) is 9.59 Å². The lowest BCUT2D eigenvalue weighted by Crippen LogP contribution is -2.51. The molecule has 5 aliphatic heterocycles. The van der Waals surface area contributed by atoms with Crippen LogP contribution >= 0.6 is 0 Å². The fourth-order valence-corrected chi connectivity index (χ4v) is 12.3. The van der Waals surface area contributed by atoms with E-state index in [0.29, 0.717) is 79.6 Å². The number of rotatable bonds is 12. The summed E-state index contributed by atoms with van der Waals surface area (Å²) in [5.74, 6) is -0.0889. The average molecular weight is 977 g/mol. The first kappa shape index (κ1) is 48.2. The Balaban J connectivity index is 0.974. The van der Waals surface area contributed by atoms with Crippen molar-refractivity contribution in [3.05, 3.63) is 82.9 Å². The van der Waals surface area contributed by atoms with E-state index in [1.165, 1.54) is 26.4 Å². The summed E-state index contributed by atoms with van der Waals surface area (Å²) in [6, 6.07) is 12.6. The maximum absolute atomic E-state index is 16.7. The molecule has 11 rings (SSSR count). The lowest BCUT2D eigenvalue weighted by molar-refractivity contribution is -0.136. The van der Waals surface area contributed by atoms with E-state index in [1.54, 1.807) is 9.80 Å². The number of benzene rings is 3. The molecular weight excluding hydrogens is 911 g/mol. The number of amides is 4. The van der Waals surface area contributed by atoms with Crippen molar-refractivity contribution in [3.8, 4) is 0 Å². The zero-order chi connectivity index (χ0) is 49.8. The van der Waals surface area contributed by atoms with Crippen molar-refractivity contribution >= 4 is 57.4 Å². The Morgan fingerprint density at radius 1 is 0.634 bits per heavy atom. The summed E-state index contributed by atoms with van der Waals surface area (Å²) < 4.78 is 43.1. The van der Waals surface area contributed by atoms with E-state index >= 15 is 8.78 Å². The highest BCUT2D eigenvalue weighted by molar-refractivity contribution is 5.88. The number of hydrogen-bond acceptors (Lipinski definition) is 10. The van der Waals surface area contributed by atoms with Crippen LogP contribution in [0.2, 0.25) is 0 Å². The number of fused-ring (bicyclic) bond motifs is 5. The van der Waals surface area contributed by atoms with Crippen molar-refractivity contribution < 1.29 is 37.4 Å². The number of halogens is 2. The summed E-state index contributed by atoms with van der Waals surface area (Å²) in [6.07, 6.45) is 7.09. The Morgan fingerprint density at radius 2 is 1.10 bits per heavy atom. The van der Waals surface area contributed by atoms with E-state index in [-0.39, 0.29) is 59.5 Å². The lowest BCUT2D eigenvalue weighted by Gasteiger charge is -2.47. The van der Waals surface area contributed by atoms with Gasteiger partial charge in [-0.2, -0.15) is 0 Å². The number of H-pyrrole nitrogens is 2. The first-order valence-electron chi connectivity index (χ1n) is 25.5. The molecule has 4 amide bonds. The highest BCUT2D eigenvalue weighted by Crippen LogP contribution is 2.50. The Morgan fingerprint density at radius 3 is 1.51 bits per heavy atom. The van der Waals surface area contributed by atoms with E-state index in [4.69, 9.17) is 19.4 Å². The zero-order valence-corrected chi connectivity index (χ0v) is 41.5. The van der Waals surface area contributed by atoms with Crippen LogP contribution in [0.15, 0.2) is 48.5 Å². The van der Waals surface area contributed by atoms with Crippen molar-refractivity contribution in [1.29, 1.82) is 0 Å². The predicted molar refractivity (Wildman–Crippen MR) is 265 cm³/mol. The first-order valence-corrected chi connectivity index (χ1v) is 25.5. The van der Waals surface area contributed by atoms with Gasteiger partial charge < -0.3 is 49.7 Å². The van der Waals surface area contributed by atoms with Crippen LogP contribution in [0.4, 0.5) is 29.7 Å². The summed E-state index contributed by atoms with van der Waals surface area (Å²) in [4.78, 5) is 77.1. The van der Waals surface area contributed by atoms with Crippen molar-refractivity contribution in [2.24, 2.45) is 17.8 Å². The molecular formula is C53H66F2N10O6. The molecule has 0 spiro atoms. The van der Waals surface area contributed by atoms with Gasteiger partial charge in [0, 0.05) is 31.4 Å². The molecule has 16 nitrogen and oxygen atoms in total. The number of methoxy groups -OCH3 is 2. The molecule has 5 saturated heterocycles. The predicted octanol–water partition coefficient (Wildman–Crippen LogP) is 9.27. The summed E-state index contributed by atoms with van der Waals surface area (Å²) in [5.41, 5.74) is 5.42. The summed E-state index contributed by atoms with van der Waals surface area (Å²) in [7, 11) is 2.55. The second-order valence-electron chi connectivity index (χ2n) is 21.0. The zero-order valence-electron chi connectivity index (χ0n) is 41.5. The Kier molecular flexibility index (Phi) is 13.3. The molecule has 6 aliphatic rings. The number of nitrogens with one attached hydrogen (secondary N) is 4. The third-order valence-electron chi connectivity index (χ3n) is 16.0. The van der Waals surface area contributed by atoms with Gasteiger partial charge >= 0.3 is 12.2 Å². The molecule has 378 valence electrons. The van der Waals surface area contributed by atoms with Gasteiger partial charge in [0.15, 0.2) is 11.6 Å². The van der Waals surface area contributed by atoms with Gasteiger partial charge in [-0.25, -0.2) is 28.3 Å². The van der Waals surface area contributed by atoms with E-state index in [2.05, 4.69) is 25.5 Å². The van der Waals surface area contributed by atoms with Crippen molar-refractivity contribution in [3.63, 3.8) is 0 Å². The van der Waals surface area contributed by atoms with Crippen molar-refractivity contribution in [2.45, 2.75) is 134 Å². The van der Waals surface area contributed by atoms with Gasteiger partial charge in [-0.05, 0) is 129 Å². The van der Waals surface area contributed by atoms with Crippen molar-refractivity contribution in [2.75, 3.05) is 43.7 Å². The summed E-state index contributed by atoms with van der Waals surface area (Å²) >= 11 is 0. The number of alkyl carbamates (subject to hydrolysis) is 2. The molecule has 6 fully saturated rings. The van der Waals surface area contributed by atoms with E-state index < -0.39 is 35.9 Å². The average Bonchev–Trinajstić information content (AvgIpc) is 4.23. The molecule has 1 saturated carbocycles. The molecule has 2 bridgehead atoms. The number of carbonyl (C=O) groups is 4. The number of carbonyl (C=O) groups excluding carboxylic acids is 4. The largest absolute Gasteiger partial charge is 0.453 e. The lowest BCUT2D eigenvalue weighted by atomic mass is 9.79. The molecule has 18 heteroatoms. The number of anilines is 2. The van der Waals surface area contributed by atoms with Crippen LogP contribution in [0.25, 0.3) is 22.1 Å². The molecule has 1 aliphatic carbocycles. The topological polar surface area (TPSA) is 181 Å². The molecule has 4 N–H and O–H groups in total. The molecule has 7 heterocycles. The number of aromatic amines is 2. The maximum atomic E-state index is 16.7. The van der Waals surface area contributed by atoms with Crippen LogP contribution in [0, 0.1) is 29.4 Å². The van der Waals surface area contributed by atoms with Gasteiger partial charge in [0.05, 0.1) is 60.5 Å². The Bertz CT molecular complexity index is 2650. The molecule has 3 aromatic carbocycles. The minimum Gasteiger partial charge on any atom is -0.453 e. The van der Waals surface area contributed by atoms with Crippen LogP contribution in [0.1, 0.15) is 139 Å². The van der Waals surface area contributed by atoms with Crippen LogP contribution in [0.3, 0.4) is 0 Å².